The van der Waals surface area contributed by atoms with E-state index in [0.717, 1.165) is 12.8 Å². The highest BCUT2D eigenvalue weighted by molar-refractivity contribution is 5.59. The molecule has 0 bridgehead atoms. The Morgan fingerprint density at radius 2 is 2.08 bits per heavy atom. The summed E-state index contributed by atoms with van der Waals surface area (Å²) >= 11 is 0. The number of quaternary nitrogens is 1. The largest absolute Gasteiger partial charge is 0.535 e. The summed E-state index contributed by atoms with van der Waals surface area (Å²) in [6.07, 6.45) is 1.24. The van der Waals surface area contributed by atoms with Gasteiger partial charge in [0.15, 0.2) is 0 Å². The van der Waals surface area contributed by atoms with Crippen molar-refractivity contribution in [3.8, 4) is 0 Å². The van der Waals surface area contributed by atoms with Crippen LogP contribution in [0.15, 0.2) is 0 Å². The molecule has 4 N–H and O–H groups in total. The molecule has 0 aromatic rings. The van der Waals surface area contributed by atoms with E-state index in [1.54, 1.807) is 6.92 Å². The maximum absolute atomic E-state index is 11.4. The molecule has 13 heavy (non-hydrogen) atoms. The molecule has 1 amide bonds. The molecule has 0 spiro atoms. The van der Waals surface area contributed by atoms with Crippen LogP contribution < -0.4 is 11.6 Å². The number of hydrogen-bond acceptors (Lipinski definition) is 4. The zero-order chi connectivity index (χ0) is 9.90. The average molecular weight is 188 g/mol. The van der Waals surface area contributed by atoms with Gasteiger partial charge in [0, 0.05) is 18.9 Å². The van der Waals surface area contributed by atoms with Crippen molar-refractivity contribution in [3.05, 3.63) is 0 Å². The molecular weight excluding hydrogens is 170 g/mol. The van der Waals surface area contributed by atoms with E-state index in [2.05, 4.69) is 0 Å². The molecule has 0 atom stereocenters. The topological polar surface area (TPSA) is 78.3 Å². The number of carbonyl (C=O) groups is 1. The van der Waals surface area contributed by atoms with E-state index >= 15 is 0 Å². The fourth-order valence-electron chi connectivity index (χ4n) is 1.48. The summed E-state index contributed by atoms with van der Waals surface area (Å²) in [7, 11) is 0. The number of hydrogen-bond donors (Lipinski definition) is 2. The van der Waals surface area contributed by atoms with Gasteiger partial charge in [0.2, 0.25) is 0 Å². The molecule has 1 rings (SSSR count). The van der Waals surface area contributed by atoms with E-state index in [0.29, 0.717) is 19.7 Å². The lowest BCUT2D eigenvalue weighted by molar-refractivity contribution is -0.874. The Labute approximate surface area is 78.2 Å². The molecule has 1 heterocycles. The molecule has 1 saturated heterocycles. The fraction of sp³-hybridized carbons (Fsp3) is 0.875. The molecule has 1 fully saturated rings. The number of nitrogens with two attached hydrogens (primary N) is 2. The van der Waals surface area contributed by atoms with E-state index < -0.39 is 0 Å². The van der Waals surface area contributed by atoms with Crippen molar-refractivity contribution in [2.75, 3.05) is 19.7 Å². The molecular formula is C8H18N3O2+. The van der Waals surface area contributed by atoms with Crippen molar-refractivity contribution < 1.29 is 14.1 Å². The second kappa shape index (κ2) is 4.04. The monoisotopic (exact) mass is 188 g/mol. The molecule has 1 aliphatic rings. The van der Waals surface area contributed by atoms with Crippen LogP contribution in [0.4, 0.5) is 4.79 Å². The van der Waals surface area contributed by atoms with Crippen molar-refractivity contribution in [2.24, 2.45) is 11.6 Å². The van der Waals surface area contributed by atoms with Crippen molar-refractivity contribution in [2.45, 2.75) is 25.8 Å². The summed E-state index contributed by atoms with van der Waals surface area (Å²) < 4.78 is 4.78. The van der Waals surface area contributed by atoms with Gasteiger partial charge in [-0.2, -0.15) is 10.6 Å². The molecule has 0 radical (unpaired) electrons. The van der Waals surface area contributed by atoms with Crippen LogP contribution in [0.1, 0.15) is 19.8 Å². The highest BCUT2D eigenvalue weighted by Gasteiger charge is 2.38. The van der Waals surface area contributed by atoms with Gasteiger partial charge in [-0.05, 0) is 6.92 Å². The van der Waals surface area contributed by atoms with Gasteiger partial charge in [0.25, 0.3) is 0 Å². The number of amides is 1. The SMILES string of the molecule is CCOC(=O)[N+]1(N)CCC(N)CC1. The van der Waals surface area contributed by atoms with E-state index in [9.17, 15) is 4.79 Å². The van der Waals surface area contributed by atoms with Gasteiger partial charge >= 0.3 is 6.09 Å². The van der Waals surface area contributed by atoms with Crippen LogP contribution in [0.5, 0.6) is 0 Å². The molecule has 0 aromatic carbocycles. The van der Waals surface area contributed by atoms with Crippen molar-refractivity contribution >= 4 is 6.09 Å². The van der Waals surface area contributed by atoms with Crippen LogP contribution in [-0.4, -0.2) is 36.4 Å². The zero-order valence-corrected chi connectivity index (χ0v) is 8.03. The number of ether oxygens (including phenoxy) is 1. The van der Waals surface area contributed by atoms with Gasteiger partial charge in [-0.3, -0.25) is 0 Å². The summed E-state index contributed by atoms with van der Waals surface area (Å²) in [4.78, 5) is 11.4. The molecule has 76 valence electrons. The van der Waals surface area contributed by atoms with E-state index in [4.69, 9.17) is 16.3 Å². The first-order chi connectivity index (χ1) is 6.08. The second-order valence-corrected chi connectivity index (χ2v) is 3.52. The van der Waals surface area contributed by atoms with E-state index in [1.165, 1.54) is 0 Å². The maximum Gasteiger partial charge on any atom is 0.535 e. The van der Waals surface area contributed by atoms with Crippen LogP contribution in [0.2, 0.25) is 0 Å². The third-order valence-corrected chi connectivity index (χ3v) is 2.43. The van der Waals surface area contributed by atoms with Crippen LogP contribution in [-0.2, 0) is 4.74 Å². The number of likely N-dealkylation sites (tertiary alicyclic amines) is 1. The number of carbonyl (C=O) groups excluding carboxylic acids is 1. The van der Waals surface area contributed by atoms with Crippen molar-refractivity contribution in [1.82, 2.24) is 0 Å². The number of nitrogens with zero attached hydrogens (tertiary/aromatic N) is 1. The minimum Gasteiger partial charge on any atom is -0.419 e. The highest BCUT2D eigenvalue weighted by atomic mass is 16.6. The first-order valence-electron chi connectivity index (χ1n) is 4.67. The molecule has 0 aliphatic carbocycles. The normalized spacial score (nSPS) is 34.2. The van der Waals surface area contributed by atoms with Crippen LogP contribution in [0, 0.1) is 0 Å². The zero-order valence-electron chi connectivity index (χ0n) is 8.03. The van der Waals surface area contributed by atoms with E-state index in [-0.39, 0.29) is 16.7 Å². The predicted molar refractivity (Wildman–Crippen MR) is 48.4 cm³/mol. The lowest BCUT2D eigenvalue weighted by Crippen LogP contribution is -2.63. The minimum atomic E-state index is -0.339. The van der Waals surface area contributed by atoms with E-state index in [1.807, 2.05) is 0 Å². The minimum absolute atomic E-state index is 0.110. The Hall–Kier alpha value is -0.650. The average Bonchev–Trinajstić information content (AvgIpc) is 2.11. The third kappa shape index (κ3) is 2.40. The third-order valence-electron chi connectivity index (χ3n) is 2.43. The van der Waals surface area contributed by atoms with Crippen molar-refractivity contribution in [3.63, 3.8) is 0 Å². The Morgan fingerprint density at radius 3 is 2.54 bits per heavy atom. The van der Waals surface area contributed by atoms with Gasteiger partial charge in [-0.1, -0.05) is 0 Å². The number of rotatable bonds is 1. The first-order valence-corrected chi connectivity index (χ1v) is 4.67. The number of piperidine rings is 1. The van der Waals surface area contributed by atoms with Gasteiger partial charge in [-0.15, -0.1) is 4.59 Å². The molecule has 0 aromatic heterocycles. The predicted octanol–water partition coefficient (Wildman–Crippen LogP) is -0.0455. The smallest absolute Gasteiger partial charge is 0.419 e. The van der Waals surface area contributed by atoms with Crippen molar-refractivity contribution in [1.29, 1.82) is 0 Å². The Bertz CT molecular complexity index is 188. The lowest BCUT2D eigenvalue weighted by atomic mass is 10.1. The summed E-state index contributed by atoms with van der Waals surface area (Å²) in [5, 5.41) is 0. The molecule has 5 heteroatoms. The Kier molecular flexibility index (Phi) is 3.24. The molecule has 1 aliphatic heterocycles. The summed E-state index contributed by atoms with van der Waals surface area (Å²) in [6, 6.07) is 0.184. The maximum atomic E-state index is 11.4. The summed E-state index contributed by atoms with van der Waals surface area (Å²) in [5.41, 5.74) is 5.71. The quantitative estimate of drug-likeness (QED) is 0.344. The van der Waals surface area contributed by atoms with Gasteiger partial charge < -0.3 is 10.5 Å². The fourth-order valence-corrected chi connectivity index (χ4v) is 1.48. The van der Waals surface area contributed by atoms with Gasteiger partial charge in [0.1, 0.15) is 13.1 Å². The standard InChI is InChI=1S/C8H18N3O2/c1-2-13-8(12)11(10)5-3-7(9)4-6-11/h7H,2-6,9-10H2,1H3/q+1. The first kappa shape index (κ1) is 10.4. The molecule has 5 nitrogen and oxygen atoms in total. The second-order valence-electron chi connectivity index (χ2n) is 3.52. The highest BCUT2D eigenvalue weighted by Crippen LogP contribution is 2.14. The van der Waals surface area contributed by atoms with Gasteiger partial charge in [0.05, 0.1) is 6.61 Å². The summed E-state index contributed by atoms with van der Waals surface area (Å²) in [5.74, 6) is 5.86. The molecule has 0 unspecified atom stereocenters. The molecule has 0 saturated carbocycles. The Balaban J connectivity index is 2.51. The lowest BCUT2D eigenvalue weighted by Gasteiger charge is -2.33. The van der Waals surface area contributed by atoms with Crippen LogP contribution in [0.25, 0.3) is 0 Å². The van der Waals surface area contributed by atoms with Crippen LogP contribution >= 0.6 is 0 Å². The Morgan fingerprint density at radius 1 is 1.54 bits per heavy atom. The van der Waals surface area contributed by atoms with Crippen LogP contribution in [0.3, 0.4) is 0 Å². The van der Waals surface area contributed by atoms with Gasteiger partial charge in [-0.25, -0.2) is 0 Å². The summed E-state index contributed by atoms with van der Waals surface area (Å²) in [6.45, 7) is 3.32.